The van der Waals surface area contributed by atoms with Crippen LogP contribution in [0.2, 0.25) is 0 Å². The summed E-state index contributed by atoms with van der Waals surface area (Å²) in [6, 6.07) is 0. The highest BCUT2D eigenvalue weighted by Gasteiger charge is 1.92. The Morgan fingerprint density at radius 2 is 1.06 bits per heavy atom. The summed E-state index contributed by atoms with van der Waals surface area (Å²) < 4.78 is 0. The van der Waals surface area contributed by atoms with Gasteiger partial charge in [-0.2, -0.15) is 0 Å². The van der Waals surface area contributed by atoms with Gasteiger partial charge in [0.2, 0.25) is 0 Å². The van der Waals surface area contributed by atoms with Crippen LogP contribution in [-0.4, -0.2) is 6.54 Å². The van der Waals surface area contributed by atoms with Gasteiger partial charge in [-0.05, 0) is 32.7 Å². The number of allylic oxidation sites excluding steroid dienone is 2. The molecular formula is C16H33N. The third kappa shape index (κ3) is 15.7. The highest BCUT2D eigenvalue weighted by atomic mass is 14.5. The monoisotopic (exact) mass is 239 g/mol. The van der Waals surface area contributed by atoms with Crippen molar-refractivity contribution in [3.8, 4) is 0 Å². The molecule has 17 heavy (non-hydrogen) atoms. The molecule has 0 radical (unpaired) electrons. The number of nitrogens with two attached hydrogens (primary N) is 1. The van der Waals surface area contributed by atoms with Gasteiger partial charge in [-0.15, -0.1) is 0 Å². The lowest BCUT2D eigenvalue weighted by Crippen LogP contribution is -1.97. The molecule has 0 amide bonds. The van der Waals surface area contributed by atoms with Crippen LogP contribution in [0.5, 0.6) is 0 Å². The van der Waals surface area contributed by atoms with Crippen molar-refractivity contribution in [1.29, 1.82) is 0 Å². The number of hydrogen-bond acceptors (Lipinski definition) is 1. The summed E-state index contributed by atoms with van der Waals surface area (Å²) in [5, 5.41) is 0. The Morgan fingerprint density at radius 3 is 1.47 bits per heavy atom. The molecule has 1 nitrogen and oxygen atoms in total. The Labute approximate surface area is 109 Å². The molecule has 0 rings (SSSR count). The maximum atomic E-state index is 5.46. The highest BCUT2D eigenvalue weighted by Crippen LogP contribution is 2.11. The maximum Gasteiger partial charge on any atom is -0.00773 e. The fraction of sp³-hybridized carbons (Fsp3) is 0.875. The number of hydrogen-bond donors (Lipinski definition) is 1. The molecule has 0 unspecified atom stereocenters. The van der Waals surface area contributed by atoms with Crippen LogP contribution in [0.1, 0.15) is 84.0 Å². The summed E-state index contributed by atoms with van der Waals surface area (Å²) in [5.41, 5.74) is 5.46. The molecule has 0 saturated carbocycles. The molecule has 102 valence electrons. The quantitative estimate of drug-likeness (QED) is 0.347. The lowest BCUT2D eigenvalue weighted by atomic mass is 10.1. The molecule has 0 fully saturated rings. The van der Waals surface area contributed by atoms with E-state index < -0.39 is 0 Å². The first-order valence-corrected chi connectivity index (χ1v) is 7.73. The molecule has 2 N–H and O–H groups in total. The summed E-state index contributed by atoms with van der Waals surface area (Å²) in [6.07, 6.45) is 21.1. The fourth-order valence-corrected chi connectivity index (χ4v) is 2.16. The second kappa shape index (κ2) is 15.7. The van der Waals surface area contributed by atoms with Crippen LogP contribution in [0, 0.1) is 0 Å². The van der Waals surface area contributed by atoms with E-state index in [1.54, 1.807) is 0 Å². The summed E-state index contributed by atoms with van der Waals surface area (Å²) in [7, 11) is 0. The predicted molar refractivity (Wildman–Crippen MR) is 79.3 cm³/mol. The lowest BCUT2D eigenvalue weighted by molar-refractivity contribution is 0.547. The average Bonchev–Trinajstić information content (AvgIpc) is 2.35. The van der Waals surface area contributed by atoms with Gasteiger partial charge in [0.1, 0.15) is 0 Å². The van der Waals surface area contributed by atoms with Crippen molar-refractivity contribution in [1.82, 2.24) is 0 Å². The zero-order chi connectivity index (χ0) is 12.6. The summed E-state index contributed by atoms with van der Waals surface area (Å²) in [4.78, 5) is 0. The van der Waals surface area contributed by atoms with Crippen molar-refractivity contribution in [2.24, 2.45) is 5.73 Å². The summed E-state index contributed by atoms with van der Waals surface area (Å²) >= 11 is 0. The second-order valence-electron chi connectivity index (χ2n) is 5.04. The van der Waals surface area contributed by atoms with E-state index in [-0.39, 0.29) is 0 Å². The van der Waals surface area contributed by atoms with Crippen LogP contribution in [0.25, 0.3) is 0 Å². The Morgan fingerprint density at radius 1 is 0.647 bits per heavy atom. The van der Waals surface area contributed by atoms with Crippen LogP contribution in [0.15, 0.2) is 12.2 Å². The third-order valence-corrected chi connectivity index (χ3v) is 3.31. The van der Waals surface area contributed by atoms with E-state index in [0.717, 1.165) is 6.54 Å². The molecule has 0 aliphatic rings. The molecule has 0 spiro atoms. The molecule has 0 aromatic rings. The van der Waals surface area contributed by atoms with E-state index in [9.17, 15) is 0 Å². The molecular weight excluding hydrogens is 206 g/mol. The van der Waals surface area contributed by atoms with Gasteiger partial charge in [0.25, 0.3) is 0 Å². The maximum absolute atomic E-state index is 5.46. The normalized spacial score (nSPS) is 11.4. The van der Waals surface area contributed by atoms with Crippen LogP contribution in [-0.2, 0) is 0 Å². The highest BCUT2D eigenvalue weighted by molar-refractivity contribution is 4.76. The largest absolute Gasteiger partial charge is 0.330 e. The summed E-state index contributed by atoms with van der Waals surface area (Å²) in [5.74, 6) is 0. The topological polar surface area (TPSA) is 26.0 Å². The Kier molecular flexibility index (Phi) is 15.4. The Hall–Kier alpha value is -0.300. The van der Waals surface area contributed by atoms with Gasteiger partial charge in [0.15, 0.2) is 0 Å². The van der Waals surface area contributed by atoms with Gasteiger partial charge >= 0.3 is 0 Å². The van der Waals surface area contributed by atoms with Crippen molar-refractivity contribution >= 4 is 0 Å². The molecule has 0 heterocycles. The first kappa shape index (κ1) is 16.7. The molecule has 0 aliphatic carbocycles. The van der Waals surface area contributed by atoms with E-state index >= 15 is 0 Å². The molecule has 0 saturated heterocycles. The van der Waals surface area contributed by atoms with Crippen LogP contribution >= 0.6 is 0 Å². The molecule has 0 bridgehead atoms. The summed E-state index contributed by atoms with van der Waals surface area (Å²) in [6.45, 7) is 2.97. The number of rotatable bonds is 13. The molecule has 0 atom stereocenters. The second-order valence-corrected chi connectivity index (χ2v) is 5.04. The van der Waals surface area contributed by atoms with Gasteiger partial charge in [0, 0.05) is 0 Å². The zero-order valence-electron chi connectivity index (χ0n) is 11.9. The third-order valence-electron chi connectivity index (χ3n) is 3.31. The average molecular weight is 239 g/mol. The van der Waals surface area contributed by atoms with E-state index in [2.05, 4.69) is 19.1 Å². The van der Waals surface area contributed by atoms with Gasteiger partial charge < -0.3 is 5.73 Å². The number of unbranched alkanes of at least 4 members (excludes halogenated alkanes) is 11. The minimum Gasteiger partial charge on any atom is -0.330 e. The Balaban J connectivity index is 2.89. The molecule has 0 aromatic carbocycles. The fourth-order valence-electron chi connectivity index (χ4n) is 2.16. The molecule has 0 aromatic heterocycles. The van der Waals surface area contributed by atoms with E-state index in [4.69, 9.17) is 5.73 Å². The van der Waals surface area contributed by atoms with Gasteiger partial charge in [-0.1, -0.05) is 69.9 Å². The minimum atomic E-state index is 0.868. The van der Waals surface area contributed by atoms with Crippen molar-refractivity contribution in [2.45, 2.75) is 84.0 Å². The van der Waals surface area contributed by atoms with Crippen molar-refractivity contribution < 1.29 is 0 Å². The first-order chi connectivity index (χ1) is 8.41. The smallest absolute Gasteiger partial charge is 0.00773 e. The van der Waals surface area contributed by atoms with Crippen LogP contribution in [0.4, 0.5) is 0 Å². The van der Waals surface area contributed by atoms with Gasteiger partial charge in [-0.25, -0.2) is 0 Å². The van der Waals surface area contributed by atoms with Gasteiger partial charge in [0.05, 0.1) is 0 Å². The van der Waals surface area contributed by atoms with E-state index in [1.807, 2.05) is 0 Å². The van der Waals surface area contributed by atoms with Crippen LogP contribution in [0.3, 0.4) is 0 Å². The van der Waals surface area contributed by atoms with Crippen molar-refractivity contribution in [3.05, 3.63) is 12.2 Å². The predicted octanol–water partition coefficient (Wildman–Crippen LogP) is 5.20. The van der Waals surface area contributed by atoms with Crippen molar-refractivity contribution in [2.75, 3.05) is 6.54 Å². The van der Waals surface area contributed by atoms with E-state index in [1.165, 1.54) is 77.0 Å². The minimum absolute atomic E-state index is 0.868. The standard InChI is InChI=1S/C16H33N/c1-2-3-4-5-6-7-8-9-10-11-12-13-14-15-16-17/h2-3H,4-17H2,1H3. The first-order valence-electron chi connectivity index (χ1n) is 7.73. The molecule has 0 aliphatic heterocycles. The van der Waals surface area contributed by atoms with Crippen molar-refractivity contribution in [3.63, 3.8) is 0 Å². The van der Waals surface area contributed by atoms with Gasteiger partial charge in [-0.3, -0.25) is 0 Å². The lowest BCUT2D eigenvalue weighted by Gasteiger charge is -2.02. The Bertz CT molecular complexity index is 152. The SMILES string of the molecule is CC=CCCCCCCCCCCCCCN. The van der Waals surface area contributed by atoms with Crippen LogP contribution < -0.4 is 5.73 Å². The zero-order valence-corrected chi connectivity index (χ0v) is 11.9. The van der Waals surface area contributed by atoms with E-state index in [0.29, 0.717) is 0 Å². The molecule has 1 heteroatoms.